The molecule has 0 amide bonds. The number of rotatable bonds is 2. The van der Waals surface area contributed by atoms with Crippen LogP contribution in [0, 0.1) is 13.8 Å². The largest absolute Gasteiger partial charge is 0.256 e. The third-order valence-electron chi connectivity index (χ3n) is 3.73. The summed E-state index contributed by atoms with van der Waals surface area (Å²) in [6, 6.07) is 16.5. The number of hydrogen-bond acceptors (Lipinski definition) is 4. The lowest BCUT2D eigenvalue weighted by molar-refractivity contribution is 1.18. The average Bonchev–Trinajstić information content (AvgIpc) is 2.96. The molecule has 0 saturated heterocycles. The normalized spacial score (nSPS) is 11.0. The standard InChI is InChI=1S/C19H15N3S/c1-12-5-3-7-17(21-12)18-19(23-13(2)22-18)15-8-9-16-14(11-15)6-4-10-20-16/h3-11H,1-2H3. The molecule has 3 aromatic heterocycles. The second-order valence-electron chi connectivity index (χ2n) is 5.49. The van der Waals surface area contributed by atoms with E-state index in [1.165, 1.54) is 0 Å². The van der Waals surface area contributed by atoms with Gasteiger partial charge < -0.3 is 0 Å². The fourth-order valence-electron chi connectivity index (χ4n) is 2.69. The Balaban J connectivity index is 1.91. The summed E-state index contributed by atoms with van der Waals surface area (Å²) in [4.78, 5) is 14.9. The number of benzene rings is 1. The van der Waals surface area contributed by atoms with Crippen molar-refractivity contribution in [2.45, 2.75) is 13.8 Å². The lowest BCUT2D eigenvalue weighted by atomic mass is 10.1. The topological polar surface area (TPSA) is 38.7 Å². The Bertz CT molecular complexity index is 1000. The van der Waals surface area contributed by atoms with E-state index in [4.69, 9.17) is 4.98 Å². The second kappa shape index (κ2) is 5.56. The maximum Gasteiger partial charge on any atom is 0.108 e. The van der Waals surface area contributed by atoms with E-state index in [1.807, 2.05) is 44.3 Å². The van der Waals surface area contributed by atoms with Crippen LogP contribution in [0.25, 0.3) is 32.7 Å². The van der Waals surface area contributed by atoms with Crippen LogP contribution >= 0.6 is 11.3 Å². The summed E-state index contributed by atoms with van der Waals surface area (Å²) in [6.07, 6.45) is 1.82. The van der Waals surface area contributed by atoms with Crippen LogP contribution in [0.3, 0.4) is 0 Å². The monoisotopic (exact) mass is 317 g/mol. The number of nitrogens with zero attached hydrogens (tertiary/aromatic N) is 3. The molecule has 0 N–H and O–H groups in total. The van der Waals surface area contributed by atoms with Gasteiger partial charge in [0.1, 0.15) is 5.69 Å². The molecule has 0 spiro atoms. The maximum atomic E-state index is 4.72. The number of pyridine rings is 2. The smallest absolute Gasteiger partial charge is 0.108 e. The molecule has 4 heteroatoms. The molecule has 0 radical (unpaired) electrons. The Morgan fingerprint density at radius 3 is 2.70 bits per heavy atom. The highest BCUT2D eigenvalue weighted by atomic mass is 32.1. The van der Waals surface area contributed by atoms with E-state index in [0.29, 0.717) is 0 Å². The van der Waals surface area contributed by atoms with E-state index >= 15 is 0 Å². The highest BCUT2D eigenvalue weighted by Gasteiger charge is 2.15. The van der Waals surface area contributed by atoms with Gasteiger partial charge in [0.15, 0.2) is 0 Å². The summed E-state index contributed by atoms with van der Waals surface area (Å²) in [5.41, 5.74) is 5.05. The van der Waals surface area contributed by atoms with Crippen molar-refractivity contribution in [2.24, 2.45) is 0 Å². The van der Waals surface area contributed by atoms with Gasteiger partial charge in [-0.2, -0.15) is 0 Å². The number of fused-ring (bicyclic) bond motifs is 1. The van der Waals surface area contributed by atoms with Gasteiger partial charge in [-0.25, -0.2) is 4.98 Å². The van der Waals surface area contributed by atoms with E-state index in [1.54, 1.807) is 11.3 Å². The predicted octanol–water partition coefficient (Wildman–Crippen LogP) is 5.04. The number of thiazole rings is 1. The first kappa shape index (κ1) is 14.0. The third kappa shape index (κ3) is 2.62. The van der Waals surface area contributed by atoms with Gasteiger partial charge in [-0.1, -0.05) is 18.2 Å². The predicted molar refractivity (Wildman–Crippen MR) is 95.6 cm³/mol. The van der Waals surface area contributed by atoms with E-state index in [-0.39, 0.29) is 0 Å². The summed E-state index contributed by atoms with van der Waals surface area (Å²) < 4.78 is 0. The van der Waals surface area contributed by atoms with Crippen LogP contribution in [0.1, 0.15) is 10.7 Å². The molecule has 0 atom stereocenters. The summed E-state index contributed by atoms with van der Waals surface area (Å²) in [5, 5.41) is 2.18. The number of hydrogen-bond donors (Lipinski definition) is 0. The van der Waals surface area contributed by atoms with E-state index in [2.05, 4.69) is 34.2 Å². The minimum atomic E-state index is 0.927. The van der Waals surface area contributed by atoms with Crippen LogP contribution in [-0.4, -0.2) is 15.0 Å². The van der Waals surface area contributed by atoms with Gasteiger partial charge in [-0.15, -0.1) is 11.3 Å². The van der Waals surface area contributed by atoms with E-state index in [0.717, 1.165) is 43.4 Å². The fourth-order valence-corrected chi connectivity index (χ4v) is 3.61. The maximum absolute atomic E-state index is 4.72. The zero-order valence-corrected chi connectivity index (χ0v) is 13.8. The Morgan fingerprint density at radius 2 is 1.83 bits per heavy atom. The quantitative estimate of drug-likeness (QED) is 0.520. The van der Waals surface area contributed by atoms with Crippen molar-refractivity contribution in [2.75, 3.05) is 0 Å². The molecule has 0 unspecified atom stereocenters. The van der Waals surface area contributed by atoms with Crippen molar-refractivity contribution in [1.82, 2.24) is 15.0 Å². The van der Waals surface area contributed by atoms with E-state index < -0.39 is 0 Å². The highest BCUT2D eigenvalue weighted by Crippen LogP contribution is 2.36. The summed E-state index contributed by atoms with van der Waals surface area (Å²) >= 11 is 1.71. The molecule has 3 heterocycles. The molecule has 3 nitrogen and oxygen atoms in total. The first-order valence-electron chi connectivity index (χ1n) is 7.47. The van der Waals surface area contributed by atoms with Crippen molar-refractivity contribution in [3.63, 3.8) is 0 Å². The van der Waals surface area contributed by atoms with Crippen molar-refractivity contribution in [1.29, 1.82) is 0 Å². The molecular weight excluding hydrogens is 302 g/mol. The first-order valence-corrected chi connectivity index (χ1v) is 8.29. The van der Waals surface area contributed by atoms with Crippen LogP contribution in [0.4, 0.5) is 0 Å². The molecule has 112 valence electrons. The molecule has 0 aliphatic heterocycles. The lowest BCUT2D eigenvalue weighted by Gasteiger charge is -2.05. The Morgan fingerprint density at radius 1 is 0.913 bits per heavy atom. The Labute approximate surface area is 138 Å². The van der Waals surface area contributed by atoms with Crippen LogP contribution in [0.5, 0.6) is 0 Å². The molecule has 4 aromatic rings. The fraction of sp³-hybridized carbons (Fsp3) is 0.105. The van der Waals surface area contributed by atoms with Crippen LogP contribution in [0.2, 0.25) is 0 Å². The highest BCUT2D eigenvalue weighted by molar-refractivity contribution is 7.15. The number of aryl methyl sites for hydroxylation is 2. The zero-order chi connectivity index (χ0) is 15.8. The summed E-state index contributed by atoms with van der Waals surface area (Å²) in [6.45, 7) is 4.04. The molecular formula is C19H15N3S. The van der Waals surface area contributed by atoms with Gasteiger partial charge in [0, 0.05) is 17.3 Å². The molecule has 23 heavy (non-hydrogen) atoms. The molecule has 0 aliphatic rings. The SMILES string of the molecule is Cc1cccc(-c2nc(C)sc2-c2ccc3ncccc3c2)n1. The van der Waals surface area contributed by atoms with Crippen LogP contribution < -0.4 is 0 Å². The number of aromatic nitrogens is 3. The molecule has 0 saturated carbocycles. The van der Waals surface area contributed by atoms with Crippen molar-refractivity contribution in [3.05, 3.63) is 65.4 Å². The van der Waals surface area contributed by atoms with Crippen LogP contribution in [-0.2, 0) is 0 Å². The molecule has 0 fully saturated rings. The zero-order valence-electron chi connectivity index (χ0n) is 12.9. The van der Waals surface area contributed by atoms with Gasteiger partial charge in [0.25, 0.3) is 0 Å². The van der Waals surface area contributed by atoms with Crippen molar-refractivity contribution in [3.8, 4) is 21.8 Å². The molecule has 0 bridgehead atoms. The van der Waals surface area contributed by atoms with Gasteiger partial charge in [0.2, 0.25) is 0 Å². The minimum Gasteiger partial charge on any atom is -0.256 e. The molecule has 1 aromatic carbocycles. The van der Waals surface area contributed by atoms with E-state index in [9.17, 15) is 0 Å². The van der Waals surface area contributed by atoms with Crippen LogP contribution in [0.15, 0.2) is 54.7 Å². The Hall–Kier alpha value is -2.59. The van der Waals surface area contributed by atoms with Crippen molar-refractivity contribution < 1.29 is 0 Å². The summed E-state index contributed by atoms with van der Waals surface area (Å²) in [5.74, 6) is 0. The van der Waals surface area contributed by atoms with Gasteiger partial charge in [-0.05, 0) is 49.7 Å². The molecule has 0 aliphatic carbocycles. The third-order valence-corrected chi connectivity index (χ3v) is 4.75. The van der Waals surface area contributed by atoms with Crippen molar-refractivity contribution >= 4 is 22.2 Å². The Kier molecular flexibility index (Phi) is 3.39. The summed E-state index contributed by atoms with van der Waals surface area (Å²) in [7, 11) is 0. The first-order chi connectivity index (χ1) is 11.2. The van der Waals surface area contributed by atoms with Gasteiger partial charge >= 0.3 is 0 Å². The molecule has 4 rings (SSSR count). The van der Waals surface area contributed by atoms with Gasteiger partial charge in [0.05, 0.1) is 21.1 Å². The minimum absolute atomic E-state index is 0.927. The second-order valence-corrected chi connectivity index (χ2v) is 6.69. The average molecular weight is 317 g/mol. The van der Waals surface area contributed by atoms with Gasteiger partial charge in [-0.3, -0.25) is 9.97 Å². The lowest BCUT2D eigenvalue weighted by Crippen LogP contribution is -1.89.